The molecule has 1 heterocycles. The van der Waals surface area contributed by atoms with Crippen molar-refractivity contribution in [2.75, 3.05) is 13.1 Å². The topological polar surface area (TPSA) is 61.9 Å². The van der Waals surface area contributed by atoms with Gasteiger partial charge in [0, 0.05) is 12.1 Å². The van der Waals surface area contributed by atoms with Crippen LogP contribution in [0.1, 0.15) is 6.42 Å². The van der Waals surface area contributed by atoms with Crippen molar-refractivity contribution >= 4 is 17.3 Å². The Kier molecular flexibility index (Phi) is 2.29. The van der Waals surface area contributed by atoms with Crippen molar-refractivity contribution in [3.63, 3.8) is 0 Å². The van der Waals surface area contributed by atoms with Gasteiger partial charge in [-0.1, -0.05) is 11.6 Å². The molecule has 3 nitrogen and oxygen atoms in total. The van der Waals surface area contributed by atoms with Crippen molar-refractivity contribution < 1.29 is 0 Å². The molecule has 0 unspecified atom stereocenters. The molecule has 0 amide bonds. The maximum Gasteiger partial charge on any atom is 0.104 e. The lowest BCUT2D eigenvalue weighted by atomic mass is 10.1. The zero-order valence-electron chi connectivity index (χ0n) is 5.58. The second-order valence-electron chi connectivity index (χ2n) is 2.23. The number of nitrogens with one attached hydrogen (secondary N) is 2. The summed E-state index contributed by atoms with van der Waals surface area (Å²) in [4.78, 5) is 0. The molecule has 0 spiro atoms. The van der Waals surface area contributed by atoms with Crippen LogP contribution in [0.4, 0.5) is 0 Å². The zero-order chi connectivity index (χ0) is 7.56. The summed E-state index contributed by atoms with van der Waals surface area (Å²) in [6.45, 7) is 1.45. The smallest absolute Gasteiger partial charge is 0.104 e. The SMILES string of the molecule is N=C1CNCC/C1=C(/N)Cl. The Morgan fingerprint density at radius 2 is 2.40 bits per heavy atom. The highest BCUT2D eigenvalue weighted by molar-refractivity contribution is 6.31. The number of piperidine rings is 1. The molecule has 0 aromatic heterocycles. The van der Waals surface area contributed by atoms with Crippen LogP contribution >= 0.6 is 11.6 Å². The Balaban J connectivity index is 2.75. The molecule has 0 aromatic carbocycles. The maximum absolute atomic E-state index is 7.39. The summed E-state index contributed by atoms with van der Waals surface area (Å²) in [6.07, 6.45) is 0.772. The van der Waals surface area contributed by atoms with E-state index in [1.807, 2.05) is 0 Å². The van der Waals surface area contributed by atoms with Crippen LogP contribution in [0.2, 0.25) is 0 Å². The summed E-state index contributed by atoms with van der Waals surface area (Å²) < 4.78 is 0. The Morgan fingerprint density at radius 1 is 1.70 bits per heavy atom. The predicted octanol–water partition coefficient (Wildman–Crippen LogP) is 0.409. The molecule has 1 aliphatic heterocycles. The summed E-state index contributed by atoms with van der Waals surface area (Å²) >= 11 is 5.54. The van der Waals surface area contributed by atoms with Gasteiger partial charge in [0.05, 0.1) is 5.71 Å². The minimum absolute atomic E-state index is 0.270. The Labute approximate surface area is 64.7 Å². The lowest BCUT2D eigenvalue weighted by Crippen LogP contribution is -2.32. The fourth-order valence-corrected chi connectivity index (χ4v) is 1.16. The Hall–Kier alpha value is -0.540. The van der Waals surface area contributed by atoms with Gasteiger partial charge in [-0.3, -0.25) is 0 Å². The van der Waals surface area contributed by atoms with Crippen LogP contribution in [-0.2, 0) is 0 Å². The van der Waals surface area contributed by atoms with Crippen molar-refractivity contribution in [3.8, 4) is 0 Å². The van der Waals surface area contributed by atoms with Crippen LogP contribution in [0.15, 0.2) is 10.7 Å². The molecular formula is C6H10ClN3. The van der Waals surface area contributed by atoms with E-state index >= 15 is 0 Å². The van der Waals surface area contributed by atoms with Crippen LogP contribution in [-0.4, -0.2) is 18.8 Å². The van der Waals surface area contributed by atoms with E-state index in [1.54, 1.807) is 0 Å². The van der Waals surface area contributed by atoms with E-state index in [1.165, 1.54) is 0 Å². The summed E-state index contributed by atoms with van der Waals surface area (Å²) in [5.41, 5.74) is 6.64. The molecule has 1 rings (SSSR count). The minimum Gasteiger partial charge on any atom is -0.389 e. The van der Waals surface area contributed by atoms with E-state index in [2.05, 4.69) is 5.32 Å². The van der Waals surface area contributed by atoms with E-state index in [0.717, 1.165) is 18.5 Å². The van der Waals surface area contributed by atoms with Crippen molar-refractivity contribution in [3.05, 3.63) is 10.7 Å². The van der Waals surface area contributed by atoms with Gasteiger partial charge in [-0.25, -0.2) is 0 Å². The van der Waals surface area contributed by atoms with Gasteiger partial charge in [-0.2, -0.15) is 0 Å². The highest BCUT2D eigenvalue weighted by Crippen LogP contribution is 2.11. The van der Waals surface area contributed by atoms with Gasteiger partial charge in [0.1, 0.15) is 5.16 Å². The average Bonchev–Trinajstić information content (AvgIpc) is 1.88. The summed E-state index contributed by atoms with van der Waals surface area (Å²) in [5, 5.41) is 10.7. The van der Waals surface area contributed by atoms with Gasteiger partial charge in [-0.05, 0) is 13.0 Å². The van der Waals surface area contributed by atoms with Crippen LogP contribution in [0.3, 0.4) is 0 Å². The molecule has 0 aromatic rings. The summed E-state index contributed by atoms with van der Waals surface area (Å²) in [6, 6.07) is 0. The standard InChI is InChI=1S/C6H10ClN3/c7-6(9)4-1-2-10-3-5(4)8/h8,10H,1-3,9H2/b6-4-,8-5?. The third-order valence-electron chi connectivity index (χ3n) is 1.51. The van der Waals surface area contributed by atoms with Gasteiger partial charge < -0.3 is 16.5 Å². The van der Waals surface area contributed by atoms with Crippen LogP contribution in [0.25, 0.3) is 0 Å². The van der Waals surface area contributed by atoms with E-state index in [9.17, 15) is 0 Å². The largest absolute Gasteiger partial charge is 0.389 e. The monoisotopic (exact) mass is 159 g/mol. The molecular weight excluding hydrogens is 150 g/mol. The fourth-order valence-electron chi connectivity index (χ4n) is 0.948. The molecule has 56 valence electrons. The molecule has 1 fully saturated rings. The van der Waals surface area contributed by atoms with Gasteiger partial charge in [-0.15, -0.1) is 0 Å². The summed E-state index contributed by atoms with van der Waals surface area (Å²) in [7, 11) is 0. The Bertz CT molecular complexity index is 181. The molecule has 0 aliphatic carbocycles. The maximum atomic E-state index is 7.39. The third-order valence-corrected chi connectivity index (χ3v) is 1.73. The van der Waals surface area contributed by atoms with Gasteiger partial charge >= 0.3 is 0 Å². The van der Waals surface area contributed by atoms with E-state index in [4.69, 9.17) is 22.7 Å². The third kappa shape index (κ3) is 1.49. The molecule has 10 heavy (non-hydrogen) atoms. The number of nitrogens with two attached hydrogens (primary N) is 1. The van der Waals surface area contributed by atoms with Crippen LogP contribution in [0, 0.1) is 5.41 Å². The Morgan fingerprint density at radius 3 is 2.80 bits per heavy atom. The molecule has 4 heteroatoms. The number of hydrogen-bond acceptors (Lipinski definition) is 3. The van der Waals surface area contributed by atoms with Crippen molar-refractivity contribution in [1.29, 1.82) is 5.41 Å². The second-order valence-corrected chi connectivity index (χ2v) is 2.64. The zero-order valence-corrected chi connectivity index (χ0v) is 6.33. The molecule has 1 saturated heterocycles. The van der Waals surface area contributed by atoms with Crippen LogP contribution < -0.4 is 11.1 Å². The lowest BCUT2D eigenvalue weighted by molar-refractivity contribution is 0.727. The van der Waals surface area contributed by atoms with Crippen molar-refractivity contribution in [1.82, 2.24) is 5.32 Å². The van der Waals surface area contributed by atoms with Crippen LogP contribution in [0.5, 0.6) is 0 Å². The molecule has 0 bridgehead atoms. The van der Waals surface area contributed by atoms with E-state index < -0.39 is 0 Å². The highest BCUT2D eigenvalue weighted by Gasteiger charge is 2.12. The predicted molar refractivity (Wildman–Crippen MR) is 42.3 cm³/mol. The molecule has 0 atom stereocenters. The molecule has 4 N–H and O–H groups in total. The number of hydrogen-bond donors (Lipinski definition) is 3. The average molecular weight is 160 g/mol. The molecule has 0 radical (unpaired) electrons. The van der Waals surface area contributed by atoms with Crippen molar-refractivity contribution in [2.24, 2.45) is 5.73 Å². The van der Waals surface area contributed by atoms with Crippen molar-refractivity contribution in [2.45, 2.75) is 6.42 Å². The quantitative estimate of drug-likeness (QED) is 0.449. The first-order valence-corrected chi connectivity index (χ1v) is 3.52. The van der Waals surface area contributed by atoms with E-state index in [0.29, 0.717) is 12.3 Å². The lowest BCUT2D eigenvalue weighted by Gasteiger charge is -2.16. The summed E-state index contributed by atoms with van der Waals surface area (Å²) in [5.74, 6) is 0. The normalized spacial score (nSPS) is 24.7. The van der Waals surface area contributed by atoms with Gasteiger partial charge in [0.15, 0.2) is 0 Å². The minimum atomic E-state index is 0.270. The first-order valence-electron chi connectivity index (χ1n) is 3.14. The molecule has 1 aliphatic rings. The van der Waals surface area contributed by atoms with Gasteiger partial charge in [0.2, 0.25) is 0 Å². The second kappa shape index (κ2) is 3.03. The number of rotatable bonds is 0. The molecule has 0 saturated carbocycles. The fraction of sp³-hybridized carbons (Fsp3) is 0.500. The van der Waals surface area contributed by atoms with E-state index in [-0.39, 0.29) is 5.16 Å². The number of halogens is 1. The first kappa shape index (κ1) is 7.57. The van der Waals surface area contributed by atoms with Gasteiger partial charge in [0.25, 0.3) is 0 Å². The first-order chi connectivity index (χ1) is 4.72. The highest BCUT2D eigenvalue weighted by atomic mass is 35.5.